The molecule has 0 aromatic carbocycles. The summed E-state index contributed by atoms with van der Waals surface area (Å²) < 4.78 is 59.3. The number of unbranched alkanes of at least 4 members (excludes halogenated alkanes) is 22. The maximum Gasteiger partial charge on any atom is 0.397 e. The van der Waals surface area contributed by atoms with Crippen LogP contribution in [0.5, 0.6) is 0 Å². The summed E-state index contributed by atoms with van der Waals surface area (Å²) in [5, 5.41) is 30.8. The van der Waals surface area contributed by atoms with Crippen molar-refractivity contribution in [3.8, 4) is 0 Å². The van der Waals surface area contributed by atoms with Crippen molar-refractivity contribution in [2.75, 3.05) is 26.4 Å². The lowest BCUT2D eigenvalue weighted by Crippen LogP contribution is -2.60. The van der Waals surface area contributed by atoms with Crippen LogP contribution in [-0.4, -0.2) is 97.5 Å². The molecular formula is C56H98O12S. The Hall–Kier alpha value is -2.46. The highest BCUT2D eigenvalue weighted by molar-refractivity contribution is 7.80. The fourth-order valence-electron chi connectivity index (χ4n) is 8.03. The van der Waals surface area contributed by atoms with Gasteiger partial charge in [-0.1, -0.05) is 215 Å². The molecule has 0 spiro atoms. The first-order chi connectivity index (χ1) is 33.6. The first-order valence-corrected chi connectivity index (χ1v) is 28.6. The number of aliphatic hydroxyl groups excluding tert-OH is 3. The van der Waals surface area contributed by atoms with Crippen LogP contribution in [0.25, 0.3) is 0 Å². The predicted octanol–water partition coefficient (Wildman–Crippen LogP) is 13.0. The van der Waals surface area contributed by atoms with Crippen molar-refractivity contribution in [1.29, 1.82) is 0 Å². The highest BCUT2D eigenvalue weighted by atomic mass is 32.3. The zero-order chi connectivity index (χ0) is 50.3. The van der Waals surface area contributed by atoms with E-state index in [9.17, 15) is 33.1 Å². The number of carbonyl (C=O) groups excluding carboxylic acids is 1. The molecule has 4 N–H and O–H groups in total. The Morgan fingerprint density at radius 3 is 1.46 bits per heavy atom. The normalized spacial score (nSPS) is 19.8. The van der Waals surface area contributed by atoms with E-state index in [0.29, 0.717) is 13.0 Å². The van der Waals surface area contributed by atoms with Crippen LogP contribution in [0.15, 0.2) is 72.9 Å². The summed E-state index contributed by atoms with van der Waals surface area (Å²) in [5.41, 5.74) is 0. The maximum absolute atomic E-state index is 12.9. The van der Waals surface area contributed by atoms with Crippen LogP contribution in [0.4, 0.5) is 0 Å². The predicted molar refractivity (Wildman–Crippen MR) is 280 cm³/mol. The van der Waals surface area contributed by atoms with Gasteiger partial charge < -0.3 is 34.3 Å². The topological polar surface area (TPSA) is 178 Å². The van der Waals surface area contributed by atoms with Gasteiger partial charge in [0.2, 0.25) is 0 Å². The van der Waals surface area contributed by atoms with E-state index in [1.54, 1.807) is 0 Å². The van der Waals surface area contributed by atoms with Crippen molar-refractivity contribution in [3.05, 3.63) is 72.9 Å². The van der Waals surface area contributed by atoms with Gasteiger partial charge in [-0.25, -0.2) is 4.18 Å². The molecule has 1 rings (SSSR count). The summed E-state index contributed by atoms with van der Waals surface area (Å²) in [6.45, 7) is 3.87. The zero-order valence-electron chi connectivity index (χ0n) is 43.1. The Morgan fingerprint density at radius 2 is 1.00 bits per heavy atom. The first-order valence-electron chi connectivity index (χ1n) is 27.2. The van der Waals surface area contributed by atoms with Gasteiger partial charge in [0, 0.05) is 13.0 Å². The molecule has 13 heteroatoms. The molecule has 0 aliphatic carbocycles. The van der Waals surface area contributed by atoms with Crippen LogP contribution in [-0.2, 0) is 38.3 Å². The number of allylic oxidation sites excluding steroid dienone is 12. The van der Waals surface area contributed by atoms with Crippen LogP contribution in [0, 0.1) is 0 Å². The molecule has 6 atom stereocenters. The Bertz CT molecular complexity index is 1470. The van der Waals surface area contributed by atoms with E-state index in [2.05, 4.69) is 90.9 Å². The molecule has 0 saturated carbocycles. The van der Waals surface area contributed by atoms with Crippen LogP contribution in [0.2, 0.25) is 0 Å². The molecule has 12 nitrogen and oxygen atoms in total. The minimum Gasteiger partial charge on any atom is -0.457 e. The first kappa shape index (κ1) is 64.6. The molecule has 1 saturated heterocycles. The van der Waals surface area contributed by atoms with Crippen molar-refractivity contribution in [1.82, 2.24) is 0 Å². The second kappa shape index (κ2) is 46.6. The van der Waals surface area contributed by atoms with Crippen molar-refractivity contribution in [2.24, 2.45) is 0 Å². The molecule has 1 aliphatic rings. The maximum atomic E-state index is 12.9. The Kier molecular flexibility index (Phi) is 43.6. The minimum atomic E-state index is -5.07. The second-order valence-electron chi connectivity index (χ2n) is 18.4. The molecule has 6 unspecified atom stereocenters. The zero-order valence-corrected chi connectivity index (χ0v) is 43.9. The quantitative estimate of drug-likeness (QED) is 0.0197. The number of rotatable bonds is 47. The van der Waals surface area contributed by atoms with Crippen LogP contribution < -0.4 is 0 Å². The lowest BCUT2D eigenvalue weighted by Gasteiger charge is -2.41. The smallest absolute Gasteiger partial charge is 0.397 e. The molecule has 69 heavy (non-hydrogen) atoms. The highest BCUT2D eigenvalue weighted by Gasteiger charge is 2.48. The van der Waals surface area contributed by atoms with Crippen molar-refractivity contribution in [2.45, 2.75) is 250 Å². The largest absolute Gasteiger partial charge is 0.457 e. The third-order valence-corrected chi connectivity index (χ3v) is 12.6. The summed E-state index contributed by atoms with van der Waals surface area (Å²) in [6.07, 6.45) is 52.2. The molecule has 1 aliphatic heterocycles. The average Bonchev–Trinajstić information content (AvgIpc) is 3.32. The fraction of sp³-hybridized carbons (Fsp3) is 0.768. The SMILES string of the molecule is CC/C=C\C/C=C\C/C=C\C/C=C\C/C=C\C/C=C\CCCCCCCCCOCC(COC1OC(CO)C(O)C(OS(=O)(=O)O)C1O)OC(=O)CCCCCCCCCCCCCCCCCC. The number of hydrogen-bond acceptors (Lipinski definition) is 11. The summed E-state index contributed by atoms with van der Waals surface area (Å²) in [6, 6.07) is 0. The number of ether oxygens (including phenoxy) is 4. The van der Waals surface area contributed by atoms with E-state index in [0.717, 1.165) is 89.9 Å². The van der Waals surface area contributed by atoms with Crippen molar-refractivity contribution >= 4 is 16.4 Å². The number of esters is 1. The fourth-order valence-corrected chi connectivity index (χ4v) is 8.54. The molecule has 1 fully saturated rings. The lowest BCUT2D eigenvalue weighted by molar-refractivity contribution is -0.301. The van der Waals surface area contributed by atoms with Crippen molar-refractivity contribution < 1.29 is 56.2 Å². The van der Waals surface area contributed by atoms with E-state index in [4.69, 9.17) is 18.9 Å². The van der Waals surface area contributed by atoms with E-state index >= 15 is 0 Å². The van der Waals surface area contributed by atoms with Gasteiger partial charge in [0.25, 0.3) is 0 Å². The molecule has 0 bridgehead atoms. The molecule has 1 heterocycles. The monoisotopic (exact) mass is 995 g/mol. The van der Waals surface area contributed by atoms with Crippen LogP contribution in [0.3, 0.4) is 0 Å². The van der Waals surface area contributed by atoms with Gasteiger partial charge in [-0.3, -0.25) is 9.35 Å². The Morgan fingerprint density at radius 1 is 0.565 bits per heavy atom. The summed E-state index contributed by atoms with van der Waals surface area (Å²) >= 11 is 0. The summed E-state index contributed by atoms with van der Waals surface area (Å²) in [4.78, 5) is 12.9. The number of hydrogen-bond donors (Lipinski definition) is 4. The summed E-state index contributed by atoms with van der Waals surface area (Å²) in [5.74, 6) is -0.403. The molecular weight excluding hydrogens is 897 g/mol. The molecule has 0 amide bonds. The van der Waals surface area contributed by atoms with E-state index < -0.39 is 59.8 Å². The highest BCUT2D eigenvalue weighted by Crippen LogP contribution is 2.26. The van der Waals surface area contributed by atoms with Gasteiger partial charge in [0.15, 0.2) is 6.29 Å². The molecule has 400 valence electrons. The lowest BCUT2D eigenvalue weighted by atomic mass is 9.99. The summed E-state index contributed by atoms with van der Waals surface area (Å²) in [7, 11) is -5.07. The average molecular weight is 995 g/mol. The van der Waals surface area contributed by atoms with Gasteiger partial charge >= 0.3 is 16.4 Å². The molecule has 0 radical (unpaired) electrons. The third kappa shape index (κ3) is 39.8. The Labute approximate surface area is 420 Å². The number of aliphatic hydroxyl groups is 3. The van der Waals surface area contributed by atoms with Gasteiger partial charge in [-0.15, -0.1) is 0 Å². The minimum absolute atomic E-state index is 0.0269. The van der Waals surface area contributed by atoms with Gasteiger partial charge in [0.05, 0.1) is 19.8 Å². The van der Waals surface area contributed by atoms with Crippen LogP contribution in [0.1, 0.15) is 213 Å². The molecule has 0 aromatic heterocycles. The second-order valence-corrected chi connectivity index (χ2v) is 19.5. The van der Waals surface area contributed by atoms with E-state index in [-0.39, 0.29) is 19.6 Å². The van der Waals surface area contributed by atoms with Gasteiger partial charge in [0.1, 0.15) is 30.5 Å². The van der Waals surface area contributed by atoms with Crippen LogP contribution >= 0.6 is 0 Å². The number of carbonyl (C=O) groups is 1. The Balaban J connectivity index is 2.33. The van der Waals surface area contributed by atoms with E-state index in [1.165, 1.54) is 96.3 Å². The molecule has 0 aromatic rings. The standard InChI is InChI=1S/C56H98O12S/c1-3-5-7-9-11-13-15-17-19-21-22-23-24-25-26-27-28-29-30-32-34-36-38-40-42-44-46-64-48-50(49-65-56-54(60)55(68-69(61,62)63)53(59)51(47-57)67-56)66-52(58)45-43-41-39-37-35-33-31-20-18-16-14-12-10-8-6-4-2/h5,7,11,13,17,19,22-23,25-26,28-29,50-51,53-57,59-60H,3-4,6,8-10,12,14-16,18,20-21,24,27,30-49H2,1-2H3,(H,61,62,63)/b7-5-,13-11-,19-17-,23-22-,26-25-,29-28-. The van der Waals surface area contributed by atoms with E-state index in [1.807, 2.05) is 0 Å². The van der Waals surface area contributed by atoms with Gasteiger partial charge in [-0.2, -0.15) is 8.42 Å². The van der Waals surface area contributed by atoms with Gasteiger partial charge in [-0.05, 0) is 64.2 Å². The van der Waals surface area contributed by atoms with Crippen molar-refractivity contribution in [3.63, 3.8) is 0 Å². The third-order valence-electron chi connectivity index (χ3n) is 12.1.